The van der Waals surface area contributed by atoms with Gasteiger partial charge in [0.15, 0.2) is 0 Å². The lowest BCUT2D eigenvalue weighted by atomic mass is 9.72. The third-order valence-electron chi connectivity index (χ3n) is 3.37. The first-order chi connectivity index (χ1) is 6.33. The lowest BCUT2D eigenvalue weighted by molar-refractivity contribution is 0.0148. The highest BCUT2D eigenvalue weighted by Crippen LogP contribution is 2.50. The Labute approximate surface area is 89.2 Å². The summed E-state index contributed by atoms with van der Waals surface area (Å²) in [5.74, 6) is 0.0666. The predicted molar refractivity (Wildman–Crippen MR) is 54.9 cm³/mol. The number of ether oxygens (including phenoxy) is 1. The van der Waals surface area contributed by atoms with E-state index in [1.807, 2.05) is 0 Å². The summed E-state index contributed by atoms with van der Waals surface area (Å²) in [6.45, 7) is 2.62. The van der Waals surface area contributed by atoms with Gasteiger partial charge in [0.2, 0.25) is 9.05 Å². The standard InChI is InChI=1S/C9H15ClO3S/c1-8-3-2-4-9(5-8,6-13-8)7-14(10,11)12/h2-7H2,1H3. The summed E-state index contributed by atoms with van der Waals surface area (Å²) in [6, 6.07) is 0. The topological polar surface area (TPSA) is 43.4 Å². The predicted octanol–water partition coefficient (Wildman–Crippen LogP) is 1.90. The quantitative estimate of drug-likeness (QED) is 0.691. The number of hydrogen-bond acceptors (Lipinski definition) is 3. The summed E-state index contributed by atoms with van der Waals surface area (Å²) in [7, 11) is 1.91. The van der Waals surface area contributed by atoms with Crippen molar-refractivity contribution in [1.29, 1.82) is 0 Å². The van der Waals surface area contributed by atoms with Crippen molar-refractivity contribution < 1.29 is 13.2 Å². The van der Waals surface area contributed by atoms with Crippen LogP contribution in [0, 0.1) is 5.41 Å². The monoisotopic (exact) mass is 238 g/mol. The van der Waals surface area contributed by atoms with Crippen molar-refractivity contribution in [1.82, 2.24) is 0 Å². The summed E-state index contributed by atoms with van der Waals surface area (Å²) in [6.07, 6.45) is 3.85. The third-order valence-corrected chi connectivity index (χ3v) is 4.65. The van der Waals surface area contributed by atoms with Gasteiger partial charge < -0.3 is 4.74 Å². The molecule has 14 heavy (non-hydrogen) atoms. The Balaban J connectivity index is 2.18. The first-order valence-electron chi connectivity index (χ1n) is 4.89. The van der Waals surface area contributed by atoms with Crippen LogP contribution in [0.4, 0.5) is 0 Å². The SMILES string of the molecule is CC12CCCC(CS(=O)(=O)Cl)(CO1)C2. The molecule has 1 aliphatic carbocycles. The minimum Gasteiger partial charge on any atom is -0.375 e. The number of rotatable bonds is 2. The van der Waals surface area contributed by atoms with Crippen LogP contribution >= 0.6 is 10.7 Å². The van der Waals surface area contributed by atoms with Crippen LogP contribution in [-0.4, -0.2) is 26.4 Å². The average molecular weight is 239 g/mol. The molecule has 5 heteroatoms. The molecule has 0 amide bonds. The Morgan fingerprint density at radius 1 is 1.43 bits per heavy atom. The van der Waals surface area contributed by atoms with E-state index >= 15 is 0 Å². The minimum absolute atomic E-state index is 0.0666. The van der Waals surface area contributed by atoms with Crippen molar-refractivity contribution in [3.63, 3.8) is 0 Å². The Bertz CT molecular complexity index is 340. The summed E-state index contributed by atoms with van der Waals surface area (Å²) >= 11 is 0. The van der Waals surface area contributed by atoms with Gasteiger partial charge in [-0.2, -0.15) is 0 Å². The minimum atomic E-state index is -3.40. The van der Waals surface area contributed by atoms with Gasteiger partial charge in [-0.05, 0) is 32.6 Å². The molecule has 2 bridgehead atoms. The van der Waals surface area contributed by atoms with E-state index in [1.165, 1.54) is 0 Å². The van der Waals surface area contributed by atoms with Crippen molar-refractivity contribution in [2.75, 3.05) is 12.4 Å². The Morgan fingerprint density at radius 2 is 2.14 bits per heavy atom. The molecule has 2 aliphatic rings. The lowest BCUT2D eigenvalue weighted by Gasteiger charge is -2.33. The van der Waals surface area contributed by atoms with E-state index in [2.05, 4.69) is 6.92 Å². The van der Waals surface area contributed by atoms with Crippen LogP contribution in [0.25, 0.3) is 0 Å². The fraction of sp³-hybridized carbons (Fsp3) is 1.00. The molecule has 3 nitrogen and oxygen atoms in total. The van der Waals surface area contributed by atoms with Crippen molar-refractivity contribution in [3.05, 3.63) is 0 Å². The summed E-state index contributed by atoms with van der Waals surface area (Å²) in [5.41, 5.74) is -0.298. The second kappa shape index (κ2) is 3.09. The van der Waals surface area contributed by atoms with Crippen LogP contribution in [0.15, 0.2) is 0 Å². The highest BCUT2D eigenvalue weighted by molar-refractivity contribution is 8.13. The van der Waals surface area contributed by atoms with E-state index in [4.69, 9.17) is 15.4 Å². The molecule has 0 aromatic heterocycles. The van der Waals surface area contributed by atoms with E-state index in [-0.39, 0.29) is 16.8 Å². The maximum absolute atomic E-state index is 11.1. The van der Waals surface area contributed by atoms with Gasteiger partial charge in [0.1, 0.15) is 0 Å². The molecule has 82 valence electrons. The fourth-order valence-electron chi connectivity index (χ4n) is 2.91. The summed E-state index contributed by atoms with van der Waals surface area (Å²) in [5, 5.41) is 0. The molecule has 1 aliphatic heterocycles. The summed E-state index contributed by atoms with van der Waals surface area (Å²) < 4.78 is 27.9. The van der Waals surface area contributed by atoms with E-state index in [9.17, 15) is 8.42 Å². The lowest BCUT2D eigenvalue weighted by Crippen LogP contribution is -2.35. The molecule has 0 aromatic carbocycles. The van der Waals surface area contributed by atoms with Crippen LogP contribution in [-0.2, 0) is 13.8 Å². The van der Waals surface area contributed by atoms with E-state index in [0.717, 1.165) is 25.7 Å². The molecule has 0 N–H and O–H groups in total. The van der Waals surface area contributed by atoms with Gasteiger partial charge >= 0.3 is 0 Å². The van der Waals surface area contributed by atoms with Crippen molar-refractivity contribution in [3.8, 4) is 0 Å². The highest BCUT2D eigenvalue weighted by Gasteiger charge is 2.51. The molecule has 0 spiro atoms. The van der Waals surface area contributed by atoms with Crippen LogP contribution in [0.5, 0.6) is 0 Å². The molecular formula is C9H15ClO3S. The Hall–Kier alpha value is 0.200. The Morgan fingerprint density at radius 3 is 2.79 bits per heavy atom. The van der Waals surface area contributed by atoms with E-state index < -0.39 is 9.05 Å². The second-order valence-corrected chi connectivity index (χ2v) is 7.73. The first-order valence-corrected chi connectivity index (χ1v) is 7.37. The molecule has 2 unspecified atom stereocenters. The molecule has 2 fully saturated rings. The summed E-state index contributed by atoms with van der Waals surface area (Å²) in [4.78, 5) is 0. The molecule has 1 saturated heterocycles. The zero-order valence-corrected chi connectivity index (χ0v) is 9.83. The van der Waals surface area contributed by atoms with Crippen molar-refractivity contribution >= 4 is 19.7 Å². The van der Waals surface area contributed by atoms with Gasteiger partial charge in [-0.1, -0.05) is 0 Å². The molecule has 0 aromatic rings. The Kier molecular flexibility index (Phi) is 2.37. The largest absolute Gasteiger partial charge is 0.375 e. The van der Waals surface area contributed by atoms with Crippen LogP contribution in [0.2, 0.25) is 0 Å². The number of hydrogen-bond donors (Lipinski definition) is 0. The van der Waals surface area contributed by atoms with Gasteiger partial charge in [0.25, 0.3) is 0 Å². The molecule has 0 radical (unpaired) electrons. The van der Waals surface area contributed by atoms with Gasteiger partial charge in [-0.15, -0.1) is 0 Å². The third kappa shape index (κ3) is 2.07. The zero-order chi connectivity index (χ0) is 10.4. The second-order valence-electron chi connectivity index (χ2n) is 4.95. The maximum Gasteiger partial charge on any atom is 0.233 e. The van der Waals surface area contributed by atoms with Gasteiger partial charge in [0.05, 0.1) is 18.0 Å². The maximum atomic E-state index is 11.1. The average Bonchev–Trinajstić information content (AvgIpc) is 2.18. The molecule has 2 rings (SSSR count). The van der Waals surface area contributed by atoms with Gasteiger partial charge in [0, 0.05) is 16.1 Å². The molecule has 1 heterocycles. The van der Waals surface area contributed by atoms with Crippen molar-refractivity contribution in [2.24, 2.45) is 5.41 Å². The van der Waals surface area contributed by atoms with Gasteiger partial charge in [-0.25, -0.2) is 8.42 Å². The van der Waals surface area contributed by atoms with E-state index in [0.29, 0.717) is 6.61 Å². The molecule has 2 atom stereocenters. The van der Waals surface area contributed by atoms with Crippen LogP contribution in [0.3, 0.4) is 0 Å². The molecule has 1 saturated carbocycles. The van der Waals surface area contributed by atoms with Crippen LogP contribution in [0.1, 0.15) is 32.6 Å². The van der Waals surface area contributed by atoms with Gasteiger partial charge in [-0.3, -0.25) is 0 Å². The van der Waals surface area contributed by atoms with Crippen molar-refractivity contribution in [2.45, 2.75) is 38.2 Å². The normalized spacial score (nSPS) is 42.7. The highest BCUT2D eigenvalue weighted by atomic mass is 35.7. The zero-order valence-electron chi connectivity index (χ0n) is 8.25. The van der Waals surface area contributed by atoms with Crippen LogP contribution < -0.4 is 0 Å². The van der Waals surface area contributed by atoms with E-state index in [1.54, 1.807) is 0 Å². The molecular weight excluding hydrogens is 224 g/mol. The first kappa shape index (κ1) is 10.7. The fourth-order valence-corrected chi connectivity index (χ4v) is 4.67. The number of halogens is 1. The smallest absolute Gasteiger partial charge is 0.233 e. The number of fused-ring (bicyclic) bond motifs is 2.